The number of rotatable bonds is 6. The molecule has 1 unspecified atom stereocenters. The molecule has 1 aromatic carbocycles. The minimum Gasteiger partial charge on any atom is -0.326 e. The van der Waals surface area contributed by atoms with Crippen molar-refractivity contribution in [3.8, 4) is 0 Å². The highest BCUT2D eigenvalue weighted by Gasteiger charge is 2.16. The van der Waals surface area contributed by atoms with E-state index in [0.29, 0.717) is 12.3 Å². The van der Waals surface area contributed by atoms with Crippen LogP contribution in [0.1, 0.15) is 24.8 Å². The van der Waals surface area contributed by atoms with Crippen LogP contribution in [0.2, 0.25) is 0 Å². The summed E-state index contributed by atoms with van der Waals surface area (Å²) in [6.45, 7) is 2.99. The molecule has 0 bridgehead atoms. The summed E-state index contributed by atoms with van der Waals surface area (Å²) in [7, 11) is 4.07. The molecule has 0 spiro atoms. The molecule has 1 heterocycles. The molecule has 1 aromatic rings. The summed E-state index contributed by atoms with van der Waals surface area (Å²) < 4.78 is 0. The van der Waals surface area contributed by atoms with Crippen molar-refractivity contribution in [2.75, 3.05) is 32.5 Å². The molecule has 4 heteroatoms. The van der Waals surface area contributed by atoms with Gasteiger partial charge < -0.3 is 15.5 Å². The summed E-state index contributed by atoms with van der Waals surface area (Å²) in [5, 5.41) is 6.39. The molecular weight excluding hydrogens is 250 g/mol. The van der Waals surface area contributed by atoms with Gasteiger partial charge >= 0.3 is 0 Å². The van der Waals surface area contributed by atoms with E-state index in [4.69, 9.17) is 0 Å². The number of hydrogen-bond acceptors (Lipinski definition) is 3. The molecule has 1 atom stereocenters. The van der Waals surface area contributed by atoms with Crippen LogP contribution in [0.4, 0.5) is 5.69 Å². The van der Waals surface area contributed by atoms with Crippen LogP contribution in [0.3, 0.4) is 0 Å². The number of carbonyl (C=O) groups excluding carboxylic acids is 1. The average Bonchev–Trinajstić information content (AvgIpc) is 2.91. The van der Waals surface area contributed by atoms with Crippen LogP contribution in [-0.2, 0) is 11.3 Å². The van der Waals surface area contributed by atoms with E-state index in [1.54, 1.807) is 0 Å². The molecule has 0 radical (unpaired) electrons. The second-order valence-electron chi connectivity index (χ2n) is 5.84. The number of nitrogens with one attached hydrogen (secondary N) is 2. The average molecular weight is 275 g/mol. The SMILES string of the molecule is CN(C)Cc1ccccc1NC(=O)CCC1CCNC1. The predicted molar refractivity (Wildman–Crippen MR) is 82.7 cm³/mol. The second kappa shape index (κ2) is 7.41. The lowest BCUT2D eigenvalue weighted by molar-refractivity contribution is -0.116. The number of benzene rings is 1. The quantitative estimate of drug-likeness (QED) is 0.835. The first-order valence-corrected chi connectivity index (χ1v) is 7.38. The Labute approximate surface area is 121 Å². The van der Waals surface area contributed by atoms with Crippen molar-refractivity contribution in [3.63, 3.8) is 0 Å². The Balaban J connectivity index is 1.86. The van der Waals surface area contributed by atoms with Gasteiger partial charge in [-0.2, -0.15) is 0 Å². The largest absolute Gasteiger partial charge is 0.326 e. The number of amides is 1. The fourth-order valence-electron chi connectivity index (χ4n) is 2.63. The summed E-state index contributed by atoms with van der Waals surface area (Å²) in [5.74, 6) is 0.792. The van der Waals surface area contributed by atoms with E-state index in [1.807, 2.05) is 32.3 Å². The first-order chi connectivity index (χ1) is 9.65. The number of nitrogens with zero attached hydrogens (tertiary/aromatic N) is 1. The maximum atomic E-state index is 12.1. The first kappa shape index (κ1) is 15.0. The fraction of sp³-hybridized carbons (Fsp3) is 0.562. The molecule has 1 aliphatic heterocycles. The normalized spacial score (nSPS) is 18.4. The maximum Gasteiger partial charge on any atom is 0.224 e. The molecule has 20 heavy (non-hydrogen) atoms. The third kappa shape index (κ3) is 4.62. The van der Waals surface area contributed by atoms with E-state index < -0.39 is 0 Å². The highest BCUT2D eigenvalue weighted by molar-refractivity contribution is 5.91. The Kier molecular flexibility index (Phi) is 5.56. The molecule has 0 aliphatic carbocycles. The highest BCUT2D eigenvalue weighted by atomic mass is 16.1. The zero-order chi connectivity index (χ0) is 14.4. The van der Waals surface area contributed by atoms with E-state index in [-0.39, 0.29) is 5.91 Å². The van der Waals surface area contributed by atoms with Gasteiger partial charge in [-0.1, -0.05) is 18.2 Å². The minimum absolute atomic E-state index is 0.128. The van der Waals surface area contributed by atoms with Gasteiger partial charge in [-0.05, 0) is 57.6 Å². The van der Waals surface area contributed by atoms with E-state index in [9.17, 15) is 4.79 Å². The van der Waals surface area contributed by atoms with E-state index in [0.717, 1.165) is 37.3 Å². The fourth-order valence-corrected chi connectivity index (χ4v) is 2.63. The molecule has 1 fully saturated rings. The Morgan fingerprint density at radius 2 is 2.20 bits per heavy atom. The molecule has 0 aromatic heterocycles. The van der Waals surface area contributed by atoms with E-state index >= 15 is 0 Å². The molecule has 1 aliphatic rings. The first-order valence-electron chi connectivity index (χ1n) is 7.38. The summed E-state index contributed by atoms with van der Waals surface area (Å²) in [6.07, 6.45) is 2.79. The molecule has 110 valence electrons. The second-order valence-corrected chi connectivity index (χ2v) is 5.84. The van der Waals surface area contributed by atoms with Gasteiger partial charge in [0.25, 0.3) is 0 Å². The third-order valence-electron chi connectivity index (χ3n) is 3.72. The summed E-state index contributed by atoms with van der Waals surface area (Å²) in [5.41, 5.74) is 2.10. The van der Waals surface area contributed by atoms with Crippen molar-refractivity contribution in [1.82, 2.24) is 10.2 Å². The zero-order valence-corrected chi connectivity index (χ0v) is 12.5. The van der Waals surface area contributed by atoms with Crippen LogP contribution in [0.25, 0.3) is 0 Å². The smallest absolute Gasteiger partial charge is 0.224 e. The monoisotopic (exact) mass is 275 g/mol. The highest BCUT2D eigenvalue weighted by Crippen LogP contribution is 2.18. The van der Waals surface area contributed by atoms with Crippen molar-refractivity contribution in [1.29, 1.82) is 0 Å². The lowest BCUT2D eigenvalue weighted by Crippen LogP contribution is -2.17. The molecule has 0 saturated carbocycles. The van der Waals surface area contributed by atoms with Crippen LogP contribution in [-0.4, -0.2) is 38.0 Å². The minimum atomic E-state index is 0.128. The summed E-state index contributed by atoms with van der Waals surface area (Å²) in [6, 6.07) is 8.03. The van der Waals surface area contributed by atoms with Gasteiger partial charge in [0.1, 0.15) is 0 Å². The molecule has 1 amide bonds. The topological polar surface area (TPSA) is 44.4 Å². The summed E-state index contributed by atoms with van der Waals surface area (Å²) >= 11 is 0. The van der Waals surface area contributed by atoms with Gasteiger partial charge in [0.05, 0.1) is 0 Å². The van der Waals surface area contributed by atoms with Crippen molar-refractivity contribution in [2.24, 2.45) is 5.92 Å². The third-order valence-corrected chi connectivity index (χ3v) is 3.72. The van der Waals surface area contributed by atoms with Crippen LogP contribution in [0, 0.1) is 5.92 Å². The number of carbonyl (C=O) groups is 1. The number of hydrogen-bond donors (Lipinski definition) is 2. The summed E-state index contributed by atoms with van der Waals surface area (Å²) in [4.78, 5) is 14.2. The van der Waals surface area contributed by atoms with Crippen molar-refractivity contribution >= 4 is 11.6 Å². The van der Waals surface area contributed by atoms with Gasteiger partial charge in [-0.3, -0.25) is 4.79 Å². The molecule has 2 N–H and O–H groups in total. The van der Waals surface area contributed by atoms with Crippen molar-refractivity contribution in [2.45, 2.75) is 25.8 Å². The molecule has 1 saturated heterocycles. The van der Waals surface area contributed by atoms with Crippen LogP contribution in [0.15, 0.2) is 24.3 Å². The van der Waals surface area contributed by atoms with Gasteiger partial charge in [-0.25, -0.2) is 0 Å². The van der Waals surface area contributed by atoms with E-state index in [1.165, 1.54) is 6.42 Å². The Morgan fingerprint density at radius 3 is 2.90 bits per heavy atom. The number of anilines is 1. The predicted octanol–water partition coefficient (Wildman–Crippen LogP) is 2.08. The van der Waals surface area contributed by atoms with Gasteiger partial charge in [-0.15, -0.1) is 0 Å². The van der Waals surface area contributed by atoms with Crippen molar-refractivity contribution in [3.05, 3.63) is 29.8 Å². The molecular formula is C16H25N3O. The van der Waals surface area contributed by atoms with Crippen molar-refractivity contribution < 1.29 is 4.79 Å². The Morgan fingerprint density at radius 1 is 1.40 bits per heavy atom. The standard InChI is InChI=1S/C16H25N3O/c1-19(2)12-14-5-3-4-6-15(14)18-16(20)8-7-13-9-10-17-11-13/h3-6,13,17H,7-12H2,1-2H3,(H,18,20). The lowest BCUT2D eigenvalue weighted by atomic mass is 10.0. The van der Waals surface area contributed by atoms with Gasteiger partial charge in [0, 0.05) is 18.7 Å². The Bertz CT molecular complexity index is 439. The maximum absolute atomic E-state index is 12.1. The van der Waals surface area contributed by atoms with Crippen LogP contribution >= 0.6 is 0 Å². The Hall–Kier alpha value is -1.39. The molecule has 4 nitrogen and oxygen atoms in total. The van der Waals surface area contributed by atoms with Gasteiger partial charge in [0.15, 0.2) is 0 Å². The zero-order valence-electron chi connectivity index (χ0n) is 12.5. The number of para-hydroxylation sites is 1. The lowest BCUT2D eigenvalue weighted by Gasteiger charge is -2.15. The van der Waals surface area contributed by atoms with E-state index in [2.05, 4.69) is 21.6 Å². The van der Waals surface area contributed by atoms with Crippen LogP contribution in [0.5, 0.6) is 0 Å². The van der Waals surface area contributed by atoms with Crippen LogP contribution < -0.4 is 10.6 Å². The molecule has 2 rings (SSSR count). The van der Waals surface area contributed by atoms with Gasteiger partial charge in [0.2, 0.25) is 5.91 Å².